The molecule has 0 radical (unpaired) electrons. The topological polar surface area (TPSA) is 105 Å². The molecule has 2 fully saturated rings. The van der Waals surface area contributed by atoms with Crippen molar-refractivity contribution in [1.82, 2.24) is 20.4 Å². The first kappa shape index (κ1) is 33.6. The quantitative estimate of drug-likeness (QED) is 0.341. The fourth-order valence-corrected chi connectivity index (χ4v) is 5.83. The molecule has 16 heteroatoms. The molecule has 2 aliphatic rings. The summed E-state index contributed by atoms with van der Waals surface area (Å²) in [5.41, 5.74) is -3.21. The van der Waals surface area contributed by atoms with E-state index in [9.17, 15) is 45.1 Å². The number of halogens is 7. The van der Waals surface area contributed by atoms with Crippen molar-refractivity contribution in [1.29, 1.82) is 0 Å². The molecule has 1 saturated heterocycles. The minimum atomic E-state index is -5.11. The van der Waals surface area contributed by atoms with Gasteiger partial charge in [0.25, 0.3) is 0 Å². The SMILES string of the molecule is CN(C(=O)N(C)[C@@H]1CN(C(=O)N[C@H]2CC[C@H](NC(=O)O)CC2)C[C@H]1c1ccc(F)cc1)c1cc(C(F)(F)F)cc(C(F)(F)F)c1. The number of amides is 5. The molecule has 1 saturated carbocycles. The Morgan fingerprint density at radius 1 is 0.822 bits per heavy atom. The van der Waals surface area contributed by atoms with E-state index in [1.54, 1.807) is 0 Å². The Bertz CT molecular complexity index is 1360. The highest BCUT2D eigenvalue weighted by atomic mass is 19.4. The number of anilines is 1. The Hall–Kier alpha value is -4.24. The number of hydrogen-bond acceptors (Lipinski definition) is 3. The minimum absolute atomic E-state index is 0.0291. The molecular formula is C29H32F7N5O4. The van der Waals surface area contributed by atoms with Crippen molar-refractivity contribution < 1.29 is 50.2 Å². The van der Waals surface area contributed by atoms with Crippen LogP contribution in [0.5, 0.6) is 0 Å². The molecule has 5 amide bonds. The van der Waals surface area contributed by atoms with Crippen molar-refractivity contribution >= 4 is 23.8 Å². The van der Waals surface area contributed by atoms with E-state index in [2.05, 4.69) is 10.6 Å². The summed E-state index contributed by atoms with van der Waals surface area (Å²) in [5.74, 6) is -1.09. The number of likely N-dealkylation sites (tertiary alicyclic amines) is 1. The third-order valence-electron chi connectivity index (χ3n) is 8.30. The van der Waals surface area contributed by atoms with E-state index in [-0.39, 0.29) is 31.2 Å². The maximum absolute atomic E-state index is 13.7. The highest BCUT2D eigenvalue weighted by Gasteiger charge is 2.42. The third kappa shape index (κ3) is 8.08. The first-order valence-corrected chi connectivity index (χ1v) is 14.0. The van der Waals surface area contributed by atoms with Crippen LogP contribution in [0.4, 0.5) is 50.8 Å². The van der Waals surface area contributed by atoms with Crippen LogP contribution in [0.25, 0.3) is 0 Å². The minimum Gasteiger partial charge on any atom is -0.465 e. The number of carbonyl (C=O) groups excluding carboxylic acids is 2. The van der Waals surface area contributed by atoms with E-state index >= 15 is 0 Å². The maximum Gasteiger partial charge on any atom is 0.416 e. The standard InChI is InChI=1S/C29H32F7N5O4/c1-39(22-12-17(28(31,32)33)11-18(13-22)29(34,35)36)27(45)40(2)24-15-41(14-23(24)16-3-5-19(30)6-4-16)25(42)37-20-7-9-21(10-8-20)38-26(43)44/h3-6,11-13,20-21,23-24,38H,7-10,14-15H2,1-2H3,(H,37,42)(H,43,44)/t20-,21-,23-,24+/m0/s1. The van der Waals surface area contributed by atoms with Crippen LogP contribution in [0, 0.1) is 5.82 Å². The predicted octanol–water partition coefficient (Wildman–Crippen LogP) is 6.11. The number of likely N-dealkylation sites (N-methyl/N-ethyl adjacent to an activating group) is 1. The Morgan fingerprint density at radius 2 is 1.33 bits per heavy atom. The molecule has 1 heterocycles. The largest absolute Gasteiger partial charge is 0.465 e. The Balaban J connectivity index is 1.55. The molecule has 1 aliphatic heterocycles. The fraction of sp³-hybridized carbons (Fsp3) is 0.483. The number of urea groups is 2. The van der Waals surface area contributed by atoms with Crippen molar-refractivity contribution in [3.63, 3.8) is 0 Å². The van der Waals surface area contributed by atoms with Gasteiger partial charge in [-0.3, -0.25) is 4.90 Å². The molecule has 1 aliphatic carbocycles. The number of carbonyl (C=O) groups is 3. The Kier molecular flexibility index (Phi) is 9.73. The molecule has 45 heavy (non-hydrogen) atoms. The van der Waals surface area contributed by atoms with Gasteiger partial charge in [0.15, 0.2) is 0 Å². The van der Waals surface area contributed by atoms with Gasteiger partial charge in [-0.15, -0.1) is 0 Å². The van der Waals surface area contributed by atoms with Gasteiger partial charge in [-0.2, -0.15) is 26.3 Å². The number of nitrogens with zero attached hydrogens (tertiary/aromatic N) is 3. The van der Waals surface area contributed by atoms with Crippen LogP contribution >= 0.6 is 0 Å². The average molecular weight is 648 g/mol. The number of hydrogen-bond donors (Lipinski definition) is 3. The molecule has 2 atom stereocenters. The summed E-state index contributed by atoms with van der Waals surface area (Å²) in [6, 6.07) is 3.62. The molecule has 0 aromatic heterocycles. The summed E-state index contributed by atoms with van der Waals surface area (Å²) in [6.07, 6.45) is -9.25. The van der Waals surface area contributed by atoms with Gasteiger partial charge in [-0.05, 0) is 61.6 Å². The van der Waals surface area contributed by atoms with Gasteiger partial charge in [0, 0.05) is 50.9 Å². The molecule has 2 aromatic carbocycles. The summed E-state index contributed by atoms with van der Waals surface area (Å²) in [4.78, 5) is 41.0. The van der Waals surface area contributed by atoms with Crippen LogP contribution in [0.1, 0.15) is 48.3 Å². The molecule has 2 aromatic rings. The monoisotopic (exact) mass is 647 g/mol. The van der Waals surface area contributed by atoms with Gasteiger partial charge < -0.3 is 25.5 Å². The van der Waals surface area contributed by atoms with Crippen LogP contribution in [0.15, 0.2) is 42.5 Å². The van der Waals surface area contributed by atoms with Crippen LogP contribution in [-0.2, 0) is 12.4 Å². The second-order valence-corrected chi connectivity index (χ2v) is 11.3. The Labute approximate surface area is 253 Å². The number of benzene rings is 2. The normalized spacial score (nSPS) is 22.1. The van der Waals surface area contributed by atoms with Gasteiger partial charge >= 0.3 is 30.5 Å². The molecule has 4 rings (SSSR count). The maximum atomic E-state index is 13.7. The van der Waals surface area contributed by atoms with E-state index in [0.717, 1.165) is 11.9 Å². The highest BCUT2D eigenvalue weighted by Crippen LogP contribution is 2.39. The second-order valence-electron chi connectivity index (χ2n) is 11.3. The summed E-state index contributed by atoms with van der Waals surface area (Å²) in [7, 11) is 2.38. The lowest BCUT2D eigenvalue weighted by Gasteiger charge is -2.33. The number of carboxylic acid groups (broad SMARTS) is 1. The lowest BCUT2D eigenvalue weighted by Crippen LogP contribution is -2.49. The molecule has 0 unspecified atom stereocenters. The van der Waals surface area contributed by atoms with E-state index in [4.69, 9.17) is 5.11 Å². The van der Waals surface area contributed by atoms with Crippen molar-refractivity contribution in [3.05, 3.63) is 65.0 Å². The van der Waals surface area contributed by atoms with Gasteiger partial charge in [0.1, 0.15) is 5.82 Å². The predicted molar refractivity (Wildman–Crippen MR) is 148 cm³/mol. The van der Waals surface area contributed by atoms with Gasteiger partial charge in [-0.1, -0.05) is 12.1 Å². The van der Waals surface area contributed by atoms with Gasteiger partial charge in [0.2, 0.25) is 0 Å². The van der Waals surface area contributed by atoms with Crippen molar-refractivity contribution in [3.8, 4) is 0 Å². The van der Waals surface area contributed by atoms with Crippen LogP contribution < -0.4 is 15.5 Å². The zero-order valence-corrected chi connectivity index (χ0v) is 24.3. The van der Waals surface area contributed by atoms with Gasteiger partial charge in [0.05, 0.1) is 17.2 Å². The van der Waals surface area contributed by atoms with E-state index in [0.29, 0.717) is 48.3 Å². The summed E-state index contributed by atoms with van der Waals surface area (Å²) < 4.78 is 94.4. The first-order valence-electron chi connectivity index (χ1n) is 14.0. The van der Waals surface area contributed by atoms with Crippen molar-refractivity contribution in [2.24, 2.45) is 0 Å². The molecule has 246 valence electrons. The second kappa shape index (κ2) is 13.0. The average Bonchev–Trinajstić information content (AvgIpc) is 3.42. The zero-order chi connectivity index (χ0) is 33.3. The fourth-order valence-electron chi connectivity index (χ4n) is 5.83. The summed E-state index contributed by atoms with van der Waals surface area (Å²) >= 11 is 0. The van der Waals surface area contributed by atoms with E-state index in [1.165, 1.54) is 36.2 Å². The van der Waals surface area contributed by atoms with E-state index < -0.39 is 65.1 Å². The van der Waals surface area contributed by atoms with Crippen LogP contribution in [-0.4, -0.2) is 78.4 Å². The van der Waals surface area contributed by atoms with Crippen molar-refractivity contribution in [2.45, 2.75) is 62.1 Å². The van der Waals surface area contributed by atoms with Crippen LogP contribution in [0.2, 0.25) is 0 Å². The molecular weight excluding hydrogens is 615 g/mol. The highest BCUT2D eigenvalue weighted by molar-refractivity contribution is 5.92. The van der Waals surface area contributed by atoms with Gasteiger partial charge in [-0.25, -0.2) is 18.8 Å². The smallest absolute Gasteiger partial charge is 0.416 e. The number of nitrogens with one attached hydrogen (secondary N) is 2. The summed E-state index contributed by atoms with van der Waals surface area (Å²) in [6.45, 7) is 0.0530. The molecule has 3 N–H and O–H groups in total. The summed E-state index contributed by atoms with van der Waals surface area (Å²) in [5, 5.41) is 14.3. The number of alkyl halides is 6. The molecule has 0 bridgehead atoms. The first-order chi connectivity index (χ1) is 20.9. The van der Waals surface area contributed by atoms with Crippen molar-refractivity contribution in [2.75, 3.05) is 32.1 Å². The van der Waals surface area contributed by atoms with Crippen LogP contribution in [0.3, 0.4) is 0 Å². The molecule has 9 nitrogen and oxygen atoms in total. The molecule has 0 spiro atoms. The Morgan fingerprint density at radius 3 is 1.82 bits per heavy atom. The zero-order valence-electron chi connectivity index (χ0n) is 24.3. The van der Waals surface area contributed by atoms with E-state index in [1.807, 2.05) is 0 Å². The lowest BCUT2D eigenvalue weighted by molar-refractivity contribution is -0.143. The number of rotatable bonds is 5. The lowest BCUT2D eigenvalue weighted by atomic mass is 9.91. The third-order valence-corrected chi connectivity index (χ3v) is 8.30.